The Morgan fingerprint density at radius 2 is 1.57 bits per heavy atom. The van der Waals surface area contributed by atoms with Crippen molar-refractivity contribution < 1.29 is 23.9 Å². The van der Waals surface area contributed by atoms with Crippen molar-refractivity contribution in [2.45, 2.75) is 51.8 Å². The third kappa shape index (κ3) is 8.11. The predicted octanol–water partition coefficient (Wildman–Crippen LogP) is 5.24. The molecule has 8 nitrogen and oxygen atoms in total. The van der Waals surface area contributed by atoms with Gasteiger partial charge in [0.2, 0.25) is 0 Å². The van der Waals surface area contributed by atoms with Crippen LogP contribution in [0.4, 0.5) is 10.5 Å². The third-order valence-corrected chi connectivity index (χ3v) is 6.00. The van der Waals surface area contributed by atoms with Gasteiger partial charge in [-0.2, -0.15) is 0 Å². The first-order valence-electron chi connectivity index (χ1n) is 12.9. The van der Waals surface area contributed by atoms with Gasteiger partial charge in [-0.05, 0) is 68.7 Å². The molecule has 208 valence electrons. The van der Waals surface area contributed by atoms with E-state index in [1.165, 1.54) is 0 Å². The lowest BCUT2D eigenvalue weighted by Crippen LogP contribution is -2.51. The molecule has 0 aliphatic rings. The van der Waals surface area contributed by atoms with Crippen molar-refractivity contribution >= 4 is 23.6 Å². The zero-order valence-corrected chi connectivity index (χ0v) is 23.4. The molecule has 2 N–H and O–H groups in total. The highest BCUT2D eigenvalue weighted by atomic mass is 16.6. The van der Waals surface area contributed by atoms with Crippen LogP contribution in [0.25, 0.3) is 0 Å². The number of rotatable bonds is 9. The first kappa shape index (κ1) is 29.8. The average molecular weight is 542 g/mol. The van der Waals surface area contributed by atoms with Gasteiger partial charge in [0.25, 0.3) is 11.8 Å². The topological polar surface area (TPSA) is 97.0 Å². The van der Waals surface area contributed by atoms with Crippen molar-refractivity contribution in [3.63, 3.8) is 0 Å². The van der Waals surface area contributed by atoms with E-state index in [1.807, 2.05) is 49.4 Å². The molecule has 40 heavy (non-hydrogen) atoms. The number of hydrogen-bond acceptors (Lipinski definition) is 5. The van der Waals surface area contributed by atoms with Crippen LogP contribution in [0.15, 0.2) is 78.9 Å². The molecular formula is C32H35N3O5. The Kier molecular flexibility index (Phi) is 9.93. The number of nitrogens with zero attached hydrogens (tertiary/aromatic N) is 1. The minimum atomic E-state index is -1.18. The molecule has 0 radical (unpaired) electrons. The second kappa shape index (κ2) is 13.3. The number of carbonyl (C=O) groups is 3. The van der Waals surface area contributed by atoms with Crippen LogP contribution in [0, 0.1) is 19.4 Å². The third-order valence-electron chi connectivity index (χ3n) is 6.00. The number of amides is 3. The van der Waals surface area contributed by atoms with Gasteiger partial charge in [0.1, 0.15) is 23.4 Å². The highest BCUT2D eigenvalue weighted by molar-refractivity contribution is 5.99. The van der Waals surface area contributed by atoms with Gasteiger partial charge in [0.15, 0.2) is 0 Å². The molecule has 0 saturated carbocycles. The first-order valence-corrected chi connectivity index (χ1v) is 12.9. The van der Waals surface area contributed by atoms with Crippen molar-refractivity contribution in [1.82, 2.24) is 10.2 Å². The Hall–Kier alpha value is -4.77. The van der Waals surface area contributed by atoms with Crippen LogP contribution in [0.3, 0.4) is 0 Å². The summed E-state index contributed by atoms with van der Waals surface area (Å²) in [6, 6.07) is 23.3. The number of carbonyl (C=O) groups excluding carboxylic acids is 3. The van der Waals surface area contributed by atoms with Crippen LogP contribution < -0.4 is 15.4 Å². The molecule has 0 aromatic heterocycles. The van der Waals surface area contributed by atoms with Gasteiger partial charge in [-0.15, -0.1) is 0 Å². The van der Waals surface area contributed by atoms with E-state index in [9.17, 15) is 14.4 Å². The van der Waals surface area contributed by atoms with E-state index in [0.717, 1.165) is 16.0 Å². The summed E-state index contributed by atoms with van der Waals surface area (Å²) in [6.07, 6.45) is 5.28. The van der Waals surface area contributed by atoms with Crippen molar-refractivity contribution in [1.29, 1.82) is 0 Å². The van der Waals surface area contributed by atoms with Crippen LogP contribution in [0.5, 0.6) is 5.75 Å². The number of anilines is 1. The number of ether oxygens (including phenoxy) is 2. The lowest BCUT2D eigenvalue weighted by molar-refractivity contribution is -0.136. The van der Waals surface area contributed by atoms with E-state index in [2.05, 4.69) is 16.7 Å². The summed E-state index contributed by atoms with van der Waals surface area (Å²) < 4.78 is 10.6. The minimum absolute atomic E-state index is 0.137. The maximum atomic E-state index is 14.1. The second-order valence-corrected chi connectivity index (χ2v) is 10.2. The van der Waals surface area contributed by atoms with Crippen LogP contribution >= 0.6 is 0 Å². The Balaban J connectivity index is 2.00. The van der Waals surface area contributed by atoms with Crippen LogP contribution in [-0.4, -0.2) is 41.6 Å². The first-order chi connectivity index (χ1) is 19.0. The van der Waals surface area contributed by atoms with E-state index in [-0.39, 0.29) is 6.42 Å². The highest BCUT2D eigenvalue weighted by Crippen LogP contribution is 2.27. The zero-order valence-electron chi connectivity index (χ0n) is 23.4. The molecule has 0 saturated heterocycles. The second-order valence-electron chi connectivity index (χ2n) is 10.2. The summed E-state index contributed by atoms with van der Waals surface area (Å²) in [7, 11) is 1.55. The van der Waals surface area contributed by atoms with Gasteiger partial charge < -0.3 is 20.1 Å². The predicted molar refractivity (Wildman–Crippen MR) is 155 cm³/mol. The monoisotopic (exact) mass is 541 g/mol. The molecule has 0 aliphatic heterocycles. The van der Waals surface area contributed by atoms with Crippen molar-refractivity contribution in [3.8, 4) is 18.2 Å². The fourth-order valence-corrected chi connectivity index (χ4v) is 4.11. The van der Waals surface area contributed by atoms with E-state index >= 15 is 0 Å². The standard InChI is InChI=1S/C32H35N3O5/c1-7-35(30(37)27(21-23-14-9-8-10-15-23)34-31(38)40-32(3,4)5)28(26-16-12-11-13-22(26)2)29(36)33-24-17-19-25(39-6)20-18-24/h1,8-20,27-28H,21H2,2-6H3,(H,33,36)(H,34,38). The average Bonchev–Trinajstić information content (AvgIpc) is 2.91. The summed E-state index contributed by atoms with van der Waals surface area (Å²) in [5, 5.41) is 5.52. The van der Waals surface area contributed by atoms with E-state index < -0.39 is 35.6 Å². The Morgan fingerprint density at radius 1 is 0.950 bits per heavy atom. The van der Waals surface area contributed by atoms with Crippen molar-refractivity contribution in [3.05, 3.63) is 95.6 Å². The summed E-state index contributed by atoms with van der Waals surface area (Å²) in [4.78, 5) is 41.6. The fourth-order valence-electron chi connectivity index (χ4n) is 4.11. The lowest BCUT2D eigenvalue weighted by atomic mass is 9.97. The normalized spacial score (nSPS) is 12.3. The van der Waals surface area contributed by atoms with Gasteiger partial charge in [0, 0.05) is 18.2 Å². The SMILES string of the molecule is C#CN(C(=O)C(Cc1ccccc1)NC(=O)OC(C)(C)C)C(C(=O)Nc1ccc(OC)cc1)c1ccccc1C. The summed E-state index contributed by atoms with van der Waals surface area (Å²) in [5.74, 6) is -0.511. The number of nitrogens with one attached hydrogen (secondary N) is 2. The molecule has 0 aliphatic carbocycles. The maximum Gasteiger partial charge on any atom is 0.408 e. The Bertz CT molecular complexity index is 1360. The molecule has 0 fully saturated rings. The summed E-state index contributed by atoms with van der Waals surface area (Å²) >= 11 is 0. The molecular weight excluding hydrogens is 506 g/mol. The smallest absolute Gasteiger partial charge is 0.408 e. The largest absolute Gasteiger partial charge is 0.497 e. The van der Waals surface area contributed by atoms with E-state index in [1.54, 1.807) is 64.3 Å². The molecule has 3 rings (SSSR count). The summed E-state index contributed by atoms with van der Waals surface area (Å²) in [5.41, 5.74) is 1.84. The Labute approximate surface area is 235 Å². The van der Waals surface area contributed by atoms with E-state index in [4.69, 9.17) is 15.9 Å². The van der Waals surface area contributed by atoms with Gasteiger partial charge in [-0.3, -0.25) is 14.5 Å². The lowest BCUT2D eigenvalue weighted by Gasteiger charge is -2.31. The molecule has 3 amide bonds. The minimum Gasteiger partial charge on any atom is -0.497 e. The van der Waals surface area contributed by atoms with Gasteiger partial charge in [0.05, 0.1) is 7.11 Å². The van der Waals surface area contributed by atoms with Crippen molar-refractivity contribution in [2.75, 3.05) is 12.4 Å². The Morgan fingerprint density at radius 3 is 2.15 bits per heavy atom. The van der Waals surface area contributed by atoms with Crippen LogP contribution in [-0.2, 0) is 20.7 Å². The van der Waals surface area contributed by atoms with E-state index in [0.29, 0.717) is 17.0 Å². The highest BCUT2D eigenvalue weighted by Gasteiger charge is 2.36. The number of alkyl carbamates (subject to hydrolysis) is 1. The van der Waals surface area contributed by atoms with Gasteiger partial charge >= 0.3 is 6.09 Å². The quantitative estimate of drug-likeness (QED) is 0.285. The molecule has 0 bridgehead atoms. The van der Waals surface area contributed by atoms with Crippen LogP contribution in [0.2, 0.25) is 0 Å². The number of methoxy groups -OCH3 is 1. The number of terminal acetylenes is 1. The molecule has 0 heterocycles. The summed E-state index contributed by atoms with van der Waals surface area (Å²) in [6.45, 7) is 7.02. The molecule has 3 aromatic rings. The number of hydrogen-bond donors (Lipinski definition) is 2. The fraction of sp³-hybridized carbons (Fsp3) is 0.281. The zero-order chi connectivity index (χ0) is 29.3. The molecule has 2 unspecified atom stereocenters. The van der Waals surface area contributed by atoms with Gasteiger partial charge in [-0.1, -0.05) is 61.0 Å². The number of benzene rings is 3. The number of aryl methyl sites for hydroxylation is 1. The van der Waals surface area contributed by atoms with Crippen LogP contribution in [0.1, 0.15) is 43.5 Å². The van der Waals surface area contributed by atoms with Gasteiger partial charge in [-0.25, -0.2) is 4.79 Å². The molecule has 8 heteroatoms. The molecule has 2 atom stereocenters. The molecule has 0 spiro atoms. The molecule has 3 aromatic carbocycles. The van der Waals surface area contributed by atoms with Crippen molar-refractivity contribution in [2.24, 2.45) is 0 Å². The maximum absolute atomic E-state index is 14.1.